The highest BCUT2D eigenvalue weighted by Crippen LogP contribution is 2.39. The number of para-hydroxylation sites is 1. The van der Waals surface area contributed by atoms with E-state index in [0.717, 1.165) is 21.2 Å². The number of aromatic nitrogens is 2. The molecule has 0 aliphatic rings. The molecule has 0 radical (unpaired) electrons. The van der Waals surface area contributed by atoms with Crippen LogP contribution in [-0.4, -0.2) is 15.7 Å². The van der Waals surface area contributed by atoms with E-state index >= 15 is 0 Å². The van der Waals surface area contributed by atoms with Crippen molar-refractivity contribution in [1.29, 1.82) is 0 Å². The van der Waals surface area contributed by atoms with Crippen LogP contribution in [0.4, 0.5) is 0 Å². The molecule has 29 heavy (non-hydrogen) atoms. The Hall–Kier alpha value is -3.31. The lowest BCUT2D eigenvalue weighted by molar-refractivity contribution is 0.0718. The fourth-order valence-electron chi connectivity index (χ4n) is 2.89. The summed E-state index contributed by atoms with van der Waals surface area (Å²) in [5.74, 6) is 0.0153. The first kappa shape index (κ1) is 19.0. The molecule has 0 atom stereocenters. The quantitative estimate of drug-likeness (QED) is 0.394. The van der Waals surface area contributed by atoms with Crippen molar-refractivity contribution in [3.8, 4) is 11.6 Å². The predicted octanol–water partition coefficient (Wildman–Crippen LogP) is 5.86. The molecule has 0 aliphatic heterocycles. The molecule has 0 aliphatic carbocycles. The number of carbonyl (C=O) groups excluding carboxylic acids is 1. The van der Waals surface area contributed by atoms with Gasteiger partial charge in [0.25, 0.3) is 0 Å². The lowest BCUT2D eigenvalue weighted by Gasteiger charge is -2.10. The number of hydrogen-bond donors (Lipinski definition) is 0. The van der Waals surface area contributed by atoms with Gasteiger partial charge in [0.15, 0.2) is 0 Å². The van der Waals surface area contributed by atoms with E-state index in [1.54, 1.807) is 28.6 Å². The van der Waals surface area contributed by atoms with Gasteiger partial charge in [-0.05, 0) is 50.2 Å². The van der Waals surface area contributed by atoms with Crippen molar-refractivity contribution < 1.29 is 9.53 Å². The number of esters is 1. The molecule has 5 heteroatoms. The molecule has 0 fully saturated rings. The Bertz CT molecular complexity index is 1120. The summed E-state index contributed by atoms with van der Waals surface area (Å²) in [4.78, 5) is 14.7. The number of benzene rings is 3. The Morgan fingerprint density at radius 3 is 2.14 bits per heavy atom. The highest BCUT2D eigenvalue weighted by Gasteiger charge is 2.22. The second kappa shape index (κ2) is 8.37. The highest BCUT2D eigenvalue weighted by atomic mass is 32.2. The summed E-state index contributed by atoms with van der Waals surface area (Å²) < 4.78 is 7.56. The van der Waals surface area contributed by atoms with Crippen molar-refractivity contribution in [2.75, 3.05) is 0 Å². The number of aryl methyl sites for hydroxylation is 2. The van der Waals surface area contributed by atoms with E-state index in [4.69, 9.17) is 4.74 Å². The zero-order valence-corrected chi connectivity index (χ0v) is 17.0. The van der Waals surface area contributed by atoms with E-state index in [2.05, 4.69) is 36.3 Å². The number of ether oxygens (including phenoxy) is 1. The first-order chi connectivity index (χ1) is 14.1. The Kier molecular flexibility index (Phi) is 5.49. The minimum atomic E-state index is -0.409. The van der Waals surface area contributed by atoms with E-state index in [-0.39, 0.29) is 0 Å². The van der Waals surface area contributed by atoms with E-state index in [9.17, 15) is 4.79 Å². The Balaban J connectivity index is 1.76. The van der Waals surface area contributed by atoms with Crippen LogP contribution < -0.4 is 4.74 Å². The molecule has 0 N–H and O–H groups in total. The van der Waals surface area contributed by atoms with Gasteiger partial charge in [0.2, 0.25) is 5.88 Å². The molecule has 0 saturated heterocycles. The third-order valence-corrected chi connectivity index (χ3v) is 5.59. The Labute approximate surface area is 174 Å². The molecule has 0 amide bonds. The first-order valence-electron chi connectivity index (χ1n) is 9.28. The highest BCUT2D eigenvalue weighted by molar-refractivity contribution is 7.99. The van der Waals surface area contributed by atoms with Gasteiger partial charge < -0.3 is 4.74 Å². The second-order valence-electron chi connectivity index (χ2n) is 6.64. The van der Waals surface area contributed by atoms with Gasteiger partial charge in [-0.3, -0.25) is 0 Å². The maximum Gasteiger partial charge on any atom is 0.344 e. The van der Waals surface area contributed by atoms with E-state index < -0.39 is 5.97 Å². The monoisotopic (exact) mass is 400 g/mol. The standard InChI is InChI=1S/C24H20N2O2S/c1-17-13-15-21(16-14-17)29-22-18(2)25-26(20-11-7-4-8-12-20)23(22)28-24(27)19-9-5-3-6-10-19/h3-16H,1-2H3. The summed E-state index contributed by atoms with van der Waals surface area (Å²) in [6, 6.07) is 26.9. The molecule has 0 saturated carbocycles. The van der Waals surface area contributed by atoms with Gasteiger partial charge in [0, 0.05) is 4.90 Å². The largest absolute Gasteiger partial charge is 0.402 e. The number of rotatable bonds is 5. The molecular formula is C24H20N2O2S. The molecule has 4 nitrogen and oxygen atoms in total. The topological polar surface area (TPSA) is 44.1 Å². The van der Waals surface area contributed by atoms with Gasteiger partial charge in [0.1, 0.15) is 0 Å². The molecule has 0 unspecified atom stereocenters. The minimum absolute atomic E-state index is 0.409. The molecule has 3 aromatic carbocycles. The fraction of sp³-hybridized carbons (Fsp3) is 0.0833. The fourth-order valence-corrected chi connectivity index (χ4v) is 3.80. The van der Waals surface area contributed by atoms with E-state index in [1.807, 2.05) is 55.5 Å². The summed E-state index contributed by atoms with van der Waals surface area (Å²) in [5, 5.41) is 4.66. The van der Waals surface area contributed by atoms with Gasteiger partial charge in [-0.15, -0.1) is 0 Å². The van der Waals surface area contributed by atoms with Gasteiger partial charge in [-0.2, -0.15) is 9.78 Å². The van der Waals surface area contributed by atoms with Gasteiger partial charge in [-0.1, -0.05) is 65.9 Å². The maximum atomic E-state index is 12.8. The van der Waals surface area contributed by atoms with Crippen LogP contribution in [0.3, 0.4) is 0 Å². The number of hydrogen-bond acceptors (Lipinski definition) is 4. The van der Waals surface area contributed by atoms with Crippen LogP contribution in [0.1, 0.15) is 21.6 Å². The van der Waals surface area contributed by atoms with Gasteiger partial charge >= 0.3 is 5.97 Å². The molecular weight excluding hydrogens is 380 g/mol. The third kappa shape index (κ3) is 4.25. The average Bonchev–Trinajstić information content (AvgIpc) is 3.06. The number of nitrogens with zero attached hydrogens (tertiary/aromatic N) is 2. The van der Waals surface area contributed by atoms with Crippen molar-refractivity contribution in [2.24, 2.45) is 0 Å². The average molecular weight is 401 g/mol. The molecule has 144 valence electrons. The zero-order valence-electron chi connectivity index (χ0n) is 16.2. The van der Waals surface area contributed by atoms with Gasteiger partial charge in [0.05, 0.1) is 21.8 Å². The Morgan fingerprint density at radius 2 is 1.48 bits per heavy atom. The summed E-state index contributed by atoms with van der Waals surface area (Å²) >= 11 is 1.54. The van der Waals surface area contributed by atoms with Crippen molar-refractivity contribution in [1.82, 2.24) is 9.78 Å². The molecule has 0 spiro atoms. The van der Waals surface area contributed by atoms with Crippen molar-refractivity contribution >= 4 is 17.7 Å². The van der Waals surface area contributed by atoms with Crippen LogP contribution in [0.15, 0.2) is 94.7 Å². The first-order valence-corrected chi connectivity index (χ1v) is 10.1. The maximum absolute atomic E-state index is 12.8. The van der Waals surface area contributed by atoms with Crippen LogP contribution >= 0.6 is 11.8 Å². The van der Waals surface area contributed by atoms with Crippen LogP contribution in [0, 0.1) is 13.8 Å². The minimum Gasteiger partial charge on any atom is -0.402 e. The van der Waals surface area contributed by atoms with Gasteiger partial charge in [-0.25, -0.2) is 4.79 Å². The lowest BCUT2D eigenvalue weighted by atomic mass is 10.2. The zero-order chi connectivity index (χ0) is 20.2. The number of carbonyl (C=O) groups is 1. The molecule has 4 aromatic rings. The van der Waals surface area contributed by atoms with Crippen LogP contribution in [0.2, 0.25) is 0 Å². The molecule has 1 heterocycles. The third-order valence-electron chi connectivity index (χ3n) is 4.41. The molecule has 0 bridgehead atoms. The summed E-state index contributed by atoms with van der Waals surface area (Å²) in [7, 11) is 0. The van der Waals surface area contributed by atoms with Crippen molar-refractivity contribution in [3.05, 3.63) is 102 Å². The smallest absolute Gasteiger partial charge is 0.344 e. The SMILES string of the molecule is Cc1ccc(Sc2c(C)nn(-c3ccccc3)c2OC(=O)c2ccccc2)cc1. The van der Waals surface area contributed by atoms with Crippen LogP contribution in [0.5, 0.6) is 5.88 Å². The van der Waals surface area contributed by atoms with E-state index in [0.29, 0.717) is 11.4 Å². The van der Waals surface area contributed by atoms with Crippen LogP contribution in [0.25, 0.3) is 5.69 Å². The normalized spacial score (nSPS) is 10.7. The van der Waals surface area contributed by atoms with Crippen molar-refractivity contribution in [3.63, 3.8) is 0 Å². The second-order valence-corrected chi connectivity index (χ2v) is 7.72. The Morgan fingerprint density at radius 1 is 0.862 bits per heavy atom. The molecule has 4 rings (SSSR count). The van der Waals surface area contributed by atoms with E-state index in [1.165, 1.54) is 5.56 Å². The summed E-state index contributed by atoms with van der Waals surface area (Å²) in [6.07, 6.45) is 0. The molecule has 1 aromatic heterocycles. The van der Waals surface area contributed by atoms with Crippen molar-refractivity contribution in [2.45, 2.75) is 23.6 Å². The predicted molar refractivity (Wildman–Crippen MR) is 115 cm³/mol. The van der Waals surface area contributed by atoms with Crippen LogP contribution in [-0.2, 0) is 0 Å². The lowest BCUT2D eigenvalue weighted by Crippen LogP contribution is -2.12. The summed E-state index contributed by atoms with van der Waals surface area (Å²) in [6.45, 7) is 3.98. The summed E-state index contributed by atoms with van der Waals surface area (Å²) in [5.41, 5.74) is 3.33.